The van der Waals surface area contributed by atoms with E-state index in [0.717, 1.165) is 0 Å². The van der Waals surface area contributed by atoms with Gasteiger partial charge in [-0.25, -0.2) is 4.98 Å². The second-order valence-electron chi connectivity index (χ2n) is 1.57. The molecule has 6 heteroatoms. The first kappa shape index (κ1) is 10.3. The summed E-state index contributed by atoms with van der Waals surface area (Å²) < 4.78 is 0. The monoisotopic (exact) mass is 161 g/mol. The fourth-order valence-corrected chi connectivity index (χ4v) is 0.494. The van der Waals surface area contributed by atoms with E-state index in [1.165, 1.54) is 12.4 Å². The predicted octanol–water partition coefficient (Wildman–Crippen LogP) is -4.35. The maximum absolute atomic E-state index is 10.6. The third-order valence-electron chi connectivity index (χ3n) is 0.898. The van der Waals surface area contributed by atoms with Gasteiger partial charge in [0.05, 0.1) is 0 Å². The minimum absolute atomic E-state index is 0. The molecule has 0 saturated heterocycles. The molecule has 1 amide bonds. The van der Waals surface area contributed by atoms with Crippen molar-refractivity contribution < 1.29 is 39.5 Å². The van der Waals surface area contributed by atoms with Crippen LogP contribution in [0.3, 0.4) is 0 Å². The smallest absolute Gasteiger partial charge is 0.857 e. The molecule has 0 aromatic carbocycles. The van der Waals surface area contributed by atoms with Crippen LogP contribution in [-0.4, -0.2) is 15.9 Å². The van der Waals surface area contributed by atoms with Crippen LogP contribution < -0.4 is 40.4 Å². The van der Waals surface area contributed by atoms with E-state index in [-0.39, 0.29) is 35.3 Å². The van der Waals surface area contributed by atoms with Gasteiger partial charge >= 0.3 is 29.6 Å². The average molecular weight is 161 g/mol. The van der Waals surface area contributed by atoms with Crippen molar-refractivity contribution in [3.05, 3.63) is 18.1 Å². The van der Waals surface area contributed by atoms with Crippen molar-refractivity contribution in [1.29, 1.82) is 0 Å². The minimum atomic E-state index is -0.849. The zero-order valence-electron chi connectivity index (χ0n) is 5.94. The Kier molecular flexibility index (Phi) is 4.02. The van der Waals surface area contributed by atoms with Gasteiger partial charge in [0.2, 0.25) is 0 Å². The van der Waals surface area contributed by atoms with Gasteiger partial charge in [-0.05, 0) is 0 Å². The summed E-state index contributed by atoms with van der Waals surface area (Å²) >= 11 is 0. The number of rotatable bonds is 1. The van der Waals surface area contributed by atoms with Gasteiger partial charge in [-0.2, -0.15) is 0 Å². The van der Waals surface area contributed by atoms with Crippen molar-refractivity contribution in [2.75, 3.05) is 0 Å². The van der Waals surface area contributed by atoms with Crippen LogP contribution in [0.4, 0.5) is 0 Å². The fraction of sp³-hybridized carbons (Fsp3) is 0. The van der Waals surface area contributed by atoms with E-state index in [4.69, 9.17) is 5.73 Å². The Bertz CT molecular complexity index is 266. The van der Waals surface area contributed by atoms with Crippen molar-refractivity contribution in [3.8, 4) is 5.88 Å². The third kappa shape index (κ3) is 2.45. The van der Waals surface area contributed by atoms with Gasteiger partial charge in [-0.15, -0.1) is 0 Å². The Hall–Kier alpha value is -0.650. The zero-order valence-corrected chi connectivity index (χ0v) is 7.94. The summed E-state index contributed by atoms with van der Waals surface area (Å²) in [7, 11) is 0. The van der Waals surface area contributed by atoms with E-state index in [1.807, 2.05) is 0 Å². The number of nitrogens with zero attached hydrogens (tertiary/aromatic N) is 2. The average Bonchev–Trinajstić information content (AvgIpc) is 1.88. The number of primary amides is 1. The molecule has 1 aromatic rings. The molecule has 0 spiro atoms. The number of carbonyl (C=O) groups is 1. The first-order chi connectivity index (χ1) is 4.72. The molecule has 52 valence electrons. The number of hydrogen-bond acceptors (Lipinski definition) is 4. The Morgan fingerprint density at radius 1 is 1.45 bits per heavy atom. The summed E-state index contributed by atoms with van der Waals surface area (Å²) in [4.78, 5) is 17.1. The summed E-state index contributed by atoms with van der Waals surface area (Å²) in [6.45, 7) is 0. The van der Waals surface area contributed by atoms with Crippen LogP contribution in [0.2, 0.25) is 0 Å². The zero-order chi connectivity index (χ0) is 7.56. The summed E-state index contributed by atoms with van der Waals surface area (Å²) in [5.74, 6) is -1.53. The molecular weight excluding hydrogens is 157 g/mol. The summed E-state index contributed by atoms with van der Waals surface area (Å²) in [6, 6.07) is 0. The van der Waals surface area contributed by atoms with Crippen LogP contribution in [0, 0.1) is 0 Å². The Morgan fingerprint density at radius 2 is 2.00 bits per heavy atom. The van der Waals surface area contributed by atoms with Crippen molar-refractivity contribution >= 4 is 5.91 Å². The van der Waals surface area contributed by atoms with Gasteiger partial charge in [0.1, 0.15) is 5.69 Å². The maximum atomic E-state index is 10.6. The molecule has 0 unspecified atom stereocenters. The molecule has 1 heterocycles. The SMILES string of the molecule is NC(=O)c1nccnc1[O-].[Na+]. The molecular formula is C5H4N3NaO2. The second kappa shape index (κ2) is 4.27. The summed E-state index contributed by atoms with van der Waals surface area (Å²) in [6.07, 6.45) is 2.44. The van der Waals surface area contributed by atoms with Crippen LogP contribution in [0.15, 0.2) is 12.4 Å². The molecule has 0 fully saturated rings. The molecule has 1 aromatic heterocycles. The first-order valence-corrected chi connectivity index (χ1v) is 2.49. The molecule has 11 heavy (non-hydrogen) atoms. The van der Waals surface area contributed by atoms with Crippen molar-refractivity contribution in [2.45, 2.75) is 0 Å². The van der Waals surface area contributed by atoms with Crippen LogP contribution in [0.1, 0.15) is 10.5 Å². The van der Waals surface area contributed by atoms with Crippen LogP contribution in [0.5, 0.6) is 5.88 Å². The Morgan fingerprint density at radius 3 is 2.36 bits per heavy atom. The predicted molar refractivity (Wildman–Crippen MR) is 30.0 cm³/mol. The summed E-state index contributed by atoms with van der Waals surface area (Å²) in [5, 5.41) is 10.6. The topological polar surface area (TPSA) is 91.9 Å². The van der Waals surface area contributed by atoms with Crippen molar-refractivity contribution in [3.63, 3.8) is 0 Å². The van der Waals surface area contributed by atoms with E-state index < -0.39 is 11.8 Å². The number of aromatic nitrogens is 2. The Balaban J connectivity index is 0.000001000. The van der Waals surface area contributed by atoms with Gasteiger partial charge in [-0.3, -0.25) is 9.78 Å². The molecule has 0 aliphatic rings. The summed E-state index contributed by atoms with van der Waals surface area (Å²) in [5.41, 5.74) is 4.46. The standard InChI is InChI=1S/C5H5N3O2.Na/c6-4(9)3-5(10)8-2-1-7-3;/h1-2H,(H2,6,9)(H,8,10);/q;+1/p-1. The van der Waals surface area contributed by atoms with Gasteiger partial charge in [0.25, 0.3) is 5.91 Å². The van der Waals surface area contributed by atoms with E-state index >= 15 is 0 Å². The van der Waals surface area contributed by atoms with Gasteiger partial charge in [-0.1, -0.05) is 0 Å². The minimum Gasteiger partial charge on any atom is -0.857 e. The molecule has 0 atom stereocenters. The second-order valence-corrected chi connectivity index (χ2v) is 1.57. The molecule has 2 N–H and O–H groups in total. The molecule has 5 nitrogen and oxygen atoms in total. The van der Waals surface area contributed by atoms with E-state index in [0.29, 0.717) is 0 Å². The van der Waals surface area contributed by atoms with Crippen molar-refractivity contribution in [1.82, 2.24) is 9.97 Å². The van der Waals surface area contributed by atoms with E-state index in [1.54, 1.807) is 0 Å². The van der Waals surface area contributed by atoms with Gasteiger partial charge in [0.15, 0.2) is 0 Å². The van der Waals surface area contributed by atoms with Crippen LogP contribution in [-0.2, 0) is 0 Å². The first-order valence-electron chi connectivity index (χ1n) is 2.49. The van der Waals surface area contributed by atoms with Gasteiger partial charge < -0.3 is 10.8 Å². The number of amides is 1. The van der Waals surface area contributed by atoms with E-state index in [2.05, 4.69) is 9.97 Å². The molecule has 0 aliphatic heterocycles. The Labute approximate surface area is 84.9 Å². The molecule has 0 aliphatic carbocycles. The normalized spacial score (nSPS) is 8.36. The quantitative estimate of drug-likeness (QED) is 0.421. The van der Waals surface area contributed by atoms with Crippen molar-refractivity contribution in [2.24, 2.45) is 5.73 Å². The van der Waals surface area contributed by atoms with Crippen LogP contribution >= 0.6 is 0 Å². The number of nitrogens with two attached hydrogens (primary N) is 1. The van der Waals surface area contributed by atoms with Gasteiger partial charge in [0, 0.05) is 18.3 Å². The largest absolute Gasteiger partial charge is 1.00 e. The maximum Gasteiger partial charge on any atom is 1.00 e. The fourth-order valence-electron chi connectivity index (χ4n) is 0.494. The van der Waals surface area contributed by atoms with Crippen LogP contribution in [0.25, 0.3) is 0 Å². The number of hydrogen-bond donors (Lipinski definition) is 1. The number of carbonyl (C=O) groups excluding carboxylic acids is 1. The third-order valence-corrected chi connectivity index (χ3v) is 0.898. The molecule has 0 bridgehead atoms. The molecule has 0 radical (unpaired) electrons. The van der Waals surface area contributed by atoms with E-state index in [9.17, 15) is 9.90 Å². The molecule has 1 rings (SSSR count). The molecule has 0 saturated carbocycles.